The number of ether oxygens (including phenoxy) is 1. The zero-order chi connectivity index (χ0) is 20.6. The second-order valence-corrected chi connectivity index (χ2v) is 13.7. The van der Waals surface area contributed by atoms with Gasteiger partial charge in [-0.2, -0.15) is 0 Å². The lowest BCUT2D eigenvalue weighted by molar-refractivity contribution is 0.183. The monoisotopic (exact) mass is 396 g/mol. The lowest BCUT2D eigenvalue weighted by atomic mass is 10.0. The van der Waals surface area contributed by atoms with Gasteiger partial charge in [-0.3, -0.25) is 0 Å². The van der Waals surface area contributed by atoms with Crippen molar-refractivity contribution in [2.75, 3.05) is 7.11 Å². The van der Waals surface area contributed by atoms with Crippen LogP contribution < -0.4 is 0 Å². The third-order valence-electron chi connectivity index (χ3n) is 5.67. The molecule has 2 aromatic rings. The van der Waals surface area contributed by atoms with Gasteiger partial charge in [-0.25, -0.2) is 0 Å². The van der Waals surface area contributed by atoms with Crippen molar-refractivity contribution >= 4 is 14.4 Å². The molecule has 0 aromatic heterocycles. The molecule has 0 saturated carbocycles. The van der Waals surface area contributed by atoms with Crippen LogP contribution in [0.3, 0.4) is 0 Å². The van der Waals surface area contributed by atoms with Gasteiger partial charge in [-0.1, -0.05) is 87.5 Å². The highest BCUT2D eigenvalue weighted by molar-refractivity contribution is 6.74. The summed E-state index contributed by atoms with van der Waals surface area (Å²) in [7, 11) is -0.0963. The van der Waals surface area contributed by atoms with Crippen molar-refractivity contribution in [1.29, 1.82) is 0 Å². The Bertz CT molecular complexity index is 745. The second kappa shape index (κ2) is 10.2. The highest BCUT2D eigenvalue weighted by atomic mass is 28.4. The van der Waals surface area contributed by atoms with Crippen molar-refractivity contribution in [3.63, 3.8) is 0 Å². The van der Waals surface area contributed by atoms with Crippen LogP contribution in [-0.4, -0.2) is 21.5 Å². The zero-order valence-corrected chi connectivity index (χ0v) is 19.4. The van der Waals surface area contributed by atoms with E-state index in [1.807, 2.05) is 6.07 Å². The standard InChI is InChI=1S/C25H36O2Si/c1-25(2,3)28(5,6)27-24(18-16-21-12-8-7-9-13-21)19-17-22-14-10-11-15-23(22)20-26-4/h7-16,18,24H,17,19-20H2,1-6H3/b18-16+/t24-/m1/s1. The van der Waals surface area contributed by atoms with Gasteiger partial charge < -0.3 is 9.16 Å². The summed E-state index contributed by atoms with van der Waals surface area (Å²) in [5.41, 5.74) is 3.83. The Hall–Kier alpha value is -1.68. The summed E-state index contributed by atoms with van der Waals surface area (Å²) in [6.45, 7) is 12.2. The number of benzene rings is 2. The Morgan fingerprint density at radius 2 is 1.54 bits per heavy atom. The van der Waals surface area contributed by atoms with Crippen LogP contribution in [0.25, 0.3) is 6.08 Å². The first-order valence-electron chi connectivity index (χ1n) is 10.2. The molecule has 0 aliphatic rings. The molecule has 0 bridgehead atoms. The number of rotatable bonds is 9. The van der Waals surface area contributed by atoms with E-state index in [1.54, 1.807) is 7.11 Å². The molecule has 0 saturated heterocycles. The average molecular weight is 397 g/mol. The molecule has 0 fully saturated rings. The van der Waals surface area contributed by atoms with Crippen LogP contribution in [0.1, 0.15) is 43.9 Å². The fourth-order valence-electron chi connectivity index (χ4n) is 2.93. The van der Waals surface area contributed by atoms with E-state index in [9.17, 15) is 0 Å². The lowest BCUT2D eigenvalue weighted by Crippen LogP contribution is -2.43. The third-order valence-corrected chi connectivity index (χ3v) is 10.2. The van der Waals surface area contributed by atoms with Crippen LogP contribution in [0.5, 0.6) is 0 Å². The molecule has 3 heteroatoms. The van der Waals surface area contributed by atoms with Gasteiger partial charge in [0.2, 0.25) is 0 Å². The second-order valence-electron chi connectivity index (χ2n) is 8.93. The van der Waals surface area contributed by atoms with Crippen LogP contribution in [0.15, 0.2) is 60.7 Å². The summed E-state index contributed by atoms with van der Waals surface area (Å²) in [4.78, 5) is 0. The van der Waals surface area contributed by atoms with Crippen LogP contribution in [0.4, 0.5) is 0 Å². The molecule has 0 heterocycles. The van der Waals surface area contributed by atoms with Crippen molar-refractivity contribution < 1.29 is 9.16 Å². The summed E-state index contributed by atoms with van der Waals surface area (Å²) >= 11 is 0. The molecular weight excluding hydrogens is 360 g/mol. The fraction of sp³-hybridized carbons (Fsp3) is 0.440. The van der Waals surface area contributed by atoms with Gasteiger partial charge in [0.25, 0.3) is 0 Å². The SMILES string of the molecule is COCc1ccccc1CC[C@@H](/C=C/c1ccccc1)O[Si](C)(C)C(C)(C)C. The van der Waals surface area contributed by atoms with Gasteiger partial charge in [-0.15, -0.1) is 0 Å². The van der Waals surface area contributed by atoms with Crippen LogP contribution in [0, 0.1) is 0 Å². The number of methoxy groups -OCH3 is 1. The molecule has 0 aliphatic carbocycles. The van der Waals surface area contributed by atoms with Crippen LogP contribution in [0.2, 0.25) is 18.1 Å². The summed E-state index contributed by atoms with van der Waals surface area (Å²) in [5.74, 6) is 0. The van der Waals surface area contributed by atoms with Gasteiger partial charge in [0.1, 0.15) is 0 Å². The molecule has 0 amide bonds. The van der Waals surface area contributed by atoms with Crippen molar-refractivity contribution in [3.05, 3.63) is 77.4 Å². The Kier molecular flexibility index (Phi) is 8.23. The van der Waals surface area contributed by atoms with E-state index in [0.29, 0.717) is 6.61 Å². The van der Waals surface area contributed by atoms with Crippen LogP contribution in [-0.2, 0) is 22.2 Å². The summed E-state index contributed by atoms with van der Waals surface area (Å²) in [6.07, 6.45) is 6.50. The van der Waals surface area contributed by atoms with E-state index >= 15 is 0 Å². The largest absolute Gasteiger partial charge is 0.411 e. The fourth-order valence-corrected chi connectivity index (χ4v) is 4.23. The molecule has 152 valence electrons. The van der Waals surface area contributed by atoms with Gasteiger partial charge in [0.15, 0.2) is 8.32 Å². The van der Waals surface area contributed by atoms with Crippen molar-refractivity contribution in [2.24, 2.45) is 0 Å². The Morgan fingerprint density at radius 3 is 2.14 bits per heavy atom. The van der Waals surface area contributed by atoms with Gasteiger partial charge in [0, 0.05) is 7.11 Å². The number of hydrogen-bond donors (Lipinski definition) is 0. The maximum Gasteiger partial charge on any atom is 0.192 e. The molecule has 2 nitrogen and oxygen atoms in total. The molecule has 1 atom stereocenters. The molecular formula is C25H36O2Si. The van der Waals surface area contributed by atoms with Crippen molar-refractivity contribution in [3.8, 4) is 0 Å². The average Bonchev–Trinajstić information content (AvgIpc) is 2.65. The Balaban J connectivity index is 2.17. The van der Waals surface area contributed by atoms with E-state index in [-0.39, 0.29) is 11.1 Å². The minimum Gasteiger partial charge on any atom is -0.411 e. The van der Waals surface area contributed by atoms with E-state index in [4.69, 9.17) is 9.16 Å². The molecule has 2 rings (SSSR count). The quantitative estimate of drug-likeness (QED) is 0.431. The first-order chi connectivity index (χ1) is 13.2. The van der Waals surface area contributed by atoms with Gasteiger partial charge in [-0.05, 0) is 47.7 Å². The van der Waals surface area contributed by atoms with E-state index in [2.05, 4.69) is 94.5 Å². The Morgan fingerprint density at radius 1 is 0.929 bits per heavy atom. The summed E-state index contributed by atoms with van der Waals surface area (Å²) < 4.78 is 12.1. The first kappa shape index (κ1) is 22.6. The highest BCUT2D eigenvalue weighted by Crippen LogP contribution is 2.38. The lowest BCUT2D eigenvalue weighted by Gasteiger charge is -2.38. The highest BCUT2D eigenvalue weighted by Gasteiger charge is 2.38. The molecule has 0 spiro atoms. The minimum atomic E-state index is -1.85. The number of aryl methyl sites for hydroxylation is 1. The summed E-state index contributed by atoms with van der Waals surface area (Å²) in [6, 6.07) is 19.0. The van der Waals surface area contributed by atoms with E-state index < -0.39 is 8.32 Å². The normalized spacial score (nSPS) is 13.8. The smallest absolute Gasteiger partial charge is 0.192 e. The minimum absolute atomic E-state index is 0.108. The summed E-state index contributed by atoms with van der Waals surface area (Å²) in [5, 5.41) is 0.194. The maximum absolute atomic E-state index is 6.77. The van der Waals surface area contributed by atoms with Gasteiger partial charge >= 0.3 is 0 Å². The van der Waals surface area contributed by atoms with E-state index in [0.717, 1.165) is 12.8 Å². The van der Waals surface area contributed by atoms with Crippen LogP contribution >= 0.6 is 0 Å². The molecule has 0 unspecified atom stereocenters. The molecule has 0 N–H and O–H groups in total. The number of hydrogen-bond acceptors (Lipinski definition) is 2. The predicted molar refractivity (Wildman–Crippen MR) is 123 cm³/mol. The molecule has 0 radical (unpaired) electrons. The topological polar surface area (TPSA) is 18.5 Å². The molecule has 0 aliphatic heterocycles. The molecule has 28 heavy (non-hydrogen) atoms. The third kappa shape index (κ3) is 6.73. The van der Waals surface area contributed by atoms with Crippen molar-refractivity contribution in [2.45, 2.75) is 64.5 Å². The van der Waals surface area contributed by atoms with Gasteiger partial charge in [0.05, 0.1) is 12.7 Å². The van der Waals surface area contributed by atoms with Crippen molar-refractivity contribution in [1.82, 2.24) is 0 Å². The Labute approximate surface area is 172 Å². The first-order valence-corrected chi connectivity index (χ1v) is 13.1. The predicted octanol–water partition coefficient (Wildman–Crippen LogP) is 6.87. The zero-order valence-electron chi connectivity index (χ0n) is 18.4. The van der Waals surface area contributed by atoms with E-state index in [1.165, 1.54) is 16.7 Å². The maximum atomic E-state index is 6.77. The molecule has 2 aromatic carbocycles.